The van der Waals surface area contributed by atoms with Crippen molar-refractivity contribution in [1.82, 2.24) is 0 Å². The molecule has 0 aliphatic heterocycles. The van der Waals surface area contributed by atoms with Gasteiger partial charge in [-0.3, -0.25) is 4.79 Å². The van der Waals surface area contributed by atoms with Gasteiger partial charge in [0.05, 0.1) is 0 Å². The summed E-state index contributed by atoms with van der Waals surface area (Å²) in [7, 11) is 0. The molecule has 0 saturated carbocycles. The number of Topliss-reactive ketones (excluding diaryl/α,β-unsaturated/α-hetero) is 1. The molecule has 76 valence electrons. The minimum absolute atomic E-state index is 0.129. The third-order valence-electron chi connectivity index (χ3n) is 1.74. The molecule has 0 amide bonds. The fraction of sp³-hybridized carbons (Fsp3) is 0.364. The van der Waals surface area contributed by atoms with Gasteiger partial charge >= 0.3 is 0 Å². The molecule has 0 radical (unpaired) electrons. The second kappa shape index (κ2) is 5.15. The van der Waals surface area contributed by atoms with Gasteiger partial charge in [0.25, 0.3) is 0 Å². The Morgan fingerprint density at radius 1 is 1.50 bits per heavy atom. The summed E-state index contributed by atoms with van der Waals surface area (Å²) in [6.07, 6.45) is 0.485. The van der Waals surface area contributed by atoms with Gasteiger partial charge in [-0.1, -0.05) is 19.1 Å². The van der Waals surface area contributed by atoms with Gasteiger partial charge in [0.1, 0.15) is 11.6 Å². The first-order chi connectivity index (χ1) is 6.59. The van der Waals surface area contributed by atoms with Crippen LogP contribution in [0, 0.1) is 5.82 Å². The van der Waals surface area contributed by atoms with E-state index < -0.39 is 0 Å². The van der Waals surface area contributed by atoms with E-state index >= 15 is 0 Å². The monoisotopic (exact) mass is 212 g/mol. The van der Waals surface area contributed by atoms with Gasteiger partial charge < -0.3 is 0 Å². The first-order valence-electron chi connectivity index (χ1n) is 4.50. The molecule has 1 nitrogen and oxygen atoms in total. The lowest BCUT2D eigenvalue weighted by Gasteiger charge is -2.09. The molecule has 1 aromatic carbocycles. The molecule has 0 aliphatic rings. The highest BCUT2D eigenvalue weighted by Crippen LogP contribution is 2.27. The van der Waals surface area contributed by atoms with Crippen molar-refractivity contribution in [2.24, 2.45) is 0 Å². The number of benzene rings is 1. The van der Waals surface area contributed by atoms with E-state index in [0.29, 0.717) is 11.3 Å². The smallest absolute Gasteiger partial charge is 0.136 e. The lowest BCUT2D eigenvalue weighted by molar-refractivity contribution is -0.116. The number of hydrogen-bond acceptors (Lipinski definition) is 2. The van der Waals surface area contributed by atoms with Gasteiger partial charge in [0, 0.05) is 16.6 Å². The number of halogens is 1. The highest BCUT2D eigenvalue weighted by atomic mass is 32.2. The Bertz CT molecular complexity index is 325. The number of hydrogen-bond donors (Lipinski definition) is 0. The van der Waals surface area contributed by atoms with Crippen LogP contribution < -0.4 is 0 Å². The molecular formula is C11H13FOS. The van der Waals surface area contributed by atoms with Gasteiger partial charge in [-0.15, -0.1) is 11.8 Å². The molecule has 14 heavy (non-hydrogen) atoms. The van der Waals surface area contributed by atoms with E-state index in [2.05, 4.69) is 0 Å². The average Bonchev–Trinajstić information content (AvgIpc) is 2.07. The molecule has 0 spiro atoms. The SMILES string of the molecule is CC(=O)CC(C)Sc1ccccc1F. The molecule has 3 heteroatoms. The van der Waals surface area contributed by atoms with E-state index in [1.165, 1.54) is 17.8 Å². The predicted octanol–water partition coefficient (Wildman–Crippen LogP) is 3.29. The lowest BCUT2D eigenvalue weighted by atomic mass is 10.2. The Kier molecular flexibility index (Phi) is 4.14. The van der Waals surface area contributed by atoms with Crippen LogP contribution in [0.15, 0.2) is 29.2 Å². The van der Waals surface area contributed by atoms with Gasteiger partial charge in [0.15, 0.2) is 0 Å². The van der Waals surface area contributed by atoms with Crippen LogP contribution in [-0.4, -0.2) is 11.0 Å². The summed E-state index contributed by atoms with van der Waals surface area (Å²) in [6, 6.07) is 6.63. The quantitative estimate of drug-likeness (QED) is 0.712. The van der Waals surface area contributed by atoms with Crippen LogP contribution >= 0.6 is 11.8 Å². The Morgan fingerprint density at radius 3 is 2.71 bits per heavy atom. The summed E-state index contributed by atoms with van der Waals surface area (Å²) in [5.41, 5.74) is 0. The van der Waals surface area contributed by atoms with Crippen molar-refractivity contribution in [2.45, 2.75) is 30.4 Å². The van der Waals surface area contributed by atoms with Crippen LogP contribution in [-0.2, 0) is 4.79 Å². The molecule has 1 atom stereocenters. The lowest BCUT2D eigenvalue weighted by Crippen LogP contribution is -2.03. The van der Waals surface area contributed by atoms with E-state index in [-0.39, 0.29) is 16.9 Å². The highest BCUT2D eigenvalue weighted by molar-refractivity contribution is 8.00. The Labute approximate surface area is 87.7 Å². The fourth-order valence-corrected chi connectivity index (χ4v) is 2.29. The summed E-state index contributed by atoms with van der Waals surface area (Å²) >= 11 is 1.40. The average molecular weight is 212 g/mol. The molecule has 1 unspecified atom stereocenters. The molecule has 0 aliphatic carbocycles. The number of thioether (sulfide) groups is 1. The Balaban J connectivity index is 2.60. The zero-order valence-electron chi connectivity index (χ0n) is 8.29. The van der Waals surface area contributed by atoms with Gasteiger partial charge in [-0.05, 0) is 19.1 Å². The van der Waals surface area contributed by atoms with Gasteiger partial charge in [-0.25, -0.2) is 4.39 Å². The second-order valence-electron chi connectivity index (χ2n) is 3.27. The molecule has 0 heterocycles. The van der Waals surface area contributed by atoms with Crippen molar-refractivity contribution in [3.63, 3.8) is 0 Å². The third-order valence-corrected chi connectivity index (χ3v) is 2.89. The summed E-state index contributed by atoms with van der Waals surface area (Å²) in [5.74, 6) is -0.0748. The van der Waals surface area contributed by atoms with Crippen molar-refractivity contribution >= 4 is 17.5 Å². The summed E-state index contributed by atoms with van der Waals surface area (Å²) in [4.78, 5) is 11.4. The second-order valence-corrected chi connectivity index (χ2v) is 4.75. The normalized spacial score (nSPS) is 12.5. The predicted molar refractivity (Wildman–Crippen MR) is 57.0 cm³/mol. The van der Waals surface area contributed by atoms with Crippen LogP contribution in [0.5, 0.6) is 0 Å². The van der Waals surface area contributed by atoms with Crippen LogP contribution in [0.3, 0.4) is 0 Å². The van der Waals surface area contributed by atoms with Crippen molar-refractivity contribution < 1.29 is 9.18 Å². The highest BCUT2D eigenvalue weighted by Gasteiger charge is 2.09. The number of carbonyl (C=O) groups is 1. The fourth-order valence-electron chi connectivity index (χ4n) is 1.20. The van der Waals surface area contributed by atoms with E-state index in [9.17, 15) is 9.18 Å². The van der Waals surface area contributed by atoms with E-state index in [1.54, 1.807) is 25.1 Å². The maximum Gasteiger partial charge on any atom is 0.136 e. The van der Waals surface area contributed by atoms with Crippen LogP contribution in [0.2, 0.25) is 0 Å². The summed E-state index contributed by atoms with van der Waals surface area (Å²) in [5, 5.41) is 0.129. The number of rotatable bonds is 4. The molecular weight excluding hydrogens is 199 g/mol. The zero-order valence-corrected chi connectivity index (χ0v) is 9.10. The third kappa shape index (κ3) is 3.50. The van der Waals surface area contributed by atoms with E-state index in [1.807, 2.05) is 6.92 Å². The number of carbonyl (C=O) groups excluding carboxylic acids is 1. The summed E-state index contributed by atoms with van der Waals surface area (Å²) in [6.45, 7) is 3.48. The van der Waals surface area contributed by atoms with Crippen LogP contribution in [0.4, 0.5) is 4.39 Å². The topological polar surface area (TPSA) is 17.1 Å². The van der Waals surface area contributed by atoms with Gasteiger partial charge in [-0.2, -0.15) is 0 Å². The molecule has 0 saturated heterocycles. The maximum atomic E-state index is 13.2. The first-order valence-corrected chi connectivity index (χ1v) is 5.38. The minimum Gasteiger partial charge on any atom is -0.300 e. The molecule has 1 rings (SSSR count). The van der Waals surface area contributed by atoms with E-state index in [0.717, 1.165) is 0 Å². The van der Waals surface area contributed by atoms with Gasteiger partial charge in [0.2, 0.25) is 0 Å². The van der Waals surface area contributed by atoms with Crippen LogP contribution in [0.25, 0.3) is 0 Å². The summed E-state index contributed by atoms with van der Waals surface area (Å²) < 4.78 is 13.2. The van der Waals surface area contributed by atoms with Crippen molar-refractivity contribution in [3.05, 3.63) is 30.1 Å². The molecule has 1 aromatic rings. The molecule has 0 aromatic heterocycles. The molecule has 0 bridgehead atoms. The molecule has 0 fully saturated rings. The first kappa shape index (κ1) is 11.2. The largest absolute Gasteiger partial charge is 0.300 e. The zero-order chi connectivity index (χ0) is 10.6. The Hall–Kier alpha value is -0.830. The Morgan fingerprint density at radius 2 is 2.14 bits per heavy atom. The van der Waals surface area contributed by atoms with Crippen molar-refractivity contribution in [3.8, 4) is 0 Å². The maximum absolute atomic E-state index is 13.2. The van der Waals surface area contributed by atoms with E-state index in [4.69, 9.17) is 0 Å². The van der Waals surface area contributed by atoms with Crippen molar-refractivity contribution in [1.29, 1.82) is 0 Å². The van der Waals surface area contributed by atoms with Crippen LogP contribution in [0.1, 0.15) is 20.3 Å². The minimum atomic E-state index is -0.215. The van der Waals surface area contributed by atoms with Crippen molar-refractivity contribution in [2.75, 3.05) is 0 Å². The standard InChI is InChI=1S/C11H13FOS/c1-8(13)7-9(2)14-11-6-4-3-5-10(11)12/h3-6,9H,7H2,1-2H3. The number of ketones is 1. The molecule has 0 N–H and O–H groups in total.